The molecule has 0 aliphatic carbocycles. The van der Waals surface area contributed by atoms with Crippen LogP contribution in [0.25, 0.3) is 0 Å². The van der Waals surface area contributed by atoms with Crippen molar-refractivity contribution >= 4 is 5.78 Å². The zero-order valence-corrected chi connectivity index (χ0v) is 4.68. The summed E-state index contributed by atoms with van der Waals surface area (Å²) in [7, 11) is 0. The Balaban J connectivity index is 3.28. The van der Waals surface area contributed by atoms with E-state index in [1.54, 1.807) is 0 Å². The minimum absolute atomic E-state index is 0.0166. The van der Waals surface area contributed by atoms with Gasteiger partial charge in [-0.2, -0.15) is 0 Å². The Hall–Kier alpha value is -1.03. The maximum atomic E-state index is 10.4. The number of carbonyl (C=O) groups excluding carboxylic acids is 1. The van der Waals surface area contributed by atoms with Gasteiger partial charge in [-0.1, -0.05) is 6.58 Å². The van der Waals surface area contributed by atoms with Crippen LogP contribution in [-0.2, 0) is 4.79 Å². The summed E-state index contributed by atoms with van der Waals surface area (Å²) in [5.41, 5.74) is 0. The Kier molecular flexibility index (Phi) is 3.60. The molecule has 0 bridgehead atoms. The van der Waals surface area contributed by atoms with E-state index < -0.39 is 0 Å². The van der Waals surface area contributed by atoms with E-state index in [2.05, 4.69) is 12.5 Å². The van der Waals surface area contributed by atoms with Crippen molar-refractivity contribution in [3.8, 4) is 12.3 Å². The van der Waals surface area contributed by atoms with Crippen LogP contribution in [0.15, 0.2) is 12.7 Å². The average Bonchev–Trinajstić information content (AvgIpc) is 1.83. The SMILES string of the molecule is C#CCCC(=O)C=C. The summed E-state index contributed by atoms with van der Waals surface area (Å²) in [4.78, 5) is 10.4. The fraction of sp³-hybridized carbons (Fsp3) is 0.286. The van der Waals surface area contributed by atoms with E-state index in [0.29, 0.717) is 12.8 Å². The number of terminal acetylenes is 1. The fourth-order valence-electron chi connectivity index (χ4n) is 0.297. The molecule has 42 valence electrons. The molecule has 8 heavy (non-hydrogen) atoms. The Morgan fingerprint density at radius 1 is 1.88 bits per heavy atom. The van der Waals surface area contributed by atoms with Gasteiger partial charge in [0.05, 0.1) is 0 Å². The van der Waals surface area contributed by atoms with E-state index in [9.17, 15) is 4.79 Å². The minimum Gasteiger partial charge on any atom is -0.295 e. The van der Waals surface area contributed by atoms with Crippen LogP contribution in [0.3, 0.4) is 0 Å². The molecular formula is C7H8O. The second kappa shape index (κ2) is 4.14. The van der Waals surface area contributed by atoms with Gasteiger partial charge >= 0.3 is 0 Å². The van der Waals surface area contributed by atoms with Gasteiger partial charge in [0.1, 0.15) is 0 Å². The standard InChI is InChI=1S/C7H8O/c1-3-5-6-7(8)4-2/h1,4H,2,5-6H2. The summed E-state index contributed by atoms with van der Waals surface area (Å²) in [5.74, 6) is 2.38. The van der Waals surface area contributed by atoms with Gasteiger partial charge in [-0.25, -0.2) is 0 Å². The molecule has 0 aromatic rings. The summed E-state index contributed by atoms with van der Waals surface area (Å²) in [6.45, 7) is 3.30. The van der Waals surface area contributed by atoms with Crippen molar-refractivity contribution < 1.29 is 4.79 Å². The van der Waals surface area contributed by atoms with Crippen LogP contribution in [0.5, 0.6) is 0 Å². The van der Waals surface area contributed by atoms with Crippen molar-refractivity contribution in [2.45, 2.75) is 12.8 Å². The van der Waals surface area contributed by atoms with Crippen LogP contribution in [0, 0.1) is 12.3 Å². The zero-order valence-electron chi connectivity index (χ0n) is 4.68. The first kappa shape index (κ1) is 6.97. The molecule has 0 heterocycles. The lowest BCUT2D eigenvalue weighted by atomic mass is 10.2. The summed E-state index contributed by atoms with van der Waals surface area (Å²) >= 11 is 0. The Bertz CT molecular complexity index is 128. The predicted molar refractivity (Wildman–Crippen MR) is 33.3 cm³/mol. The van der Waals surface area contributed by atoms with Crippen LogP contribution >= 0.6 is 0 Å². The molecule has 0 amide bonds. The minimum atomic E-state index is 0.0166. The second-order valence-electron chi connectivity index (χ2n) is 1.37. The number of hydrogen-bond donors (Lipinski definition) is 0. The molecule has 0 aliphatic heterocycles. The van der Waals surface area contributed by atoms with E-state index in [-0.39, 0.29) is 5.78 Å². The molecule has 0 saturated heterocycles. The quantitative estimate of drug-likeness (QED) is 0.391. The molecule has 0 aromatic heterocycles. The van der Waals surface area contributed by atoms with Gasteiger partial charge in [0.15, 0.2) is 5.78 Å². The van der Waals surface area contributed by atoms with Gasteiger partial charge in [0.2, 0.25) is 0 Å². The monoisotopic (exact) mass is 108 g/mol. The number of rotatable bonds is 3. The van der Waals surface area contributed by atoms with Crippen LogP contribution in [-0.4, -0.2) is 5.78 Å². The molecule has 0 saturated carbocycles. The first-order valence-corrected chi connectivity index (χ1v) is 2.40. The maximum Gasteiger partial charge on any atom is 0.156 e. The molecule has 0 aromatic carbocycles. The van der Waals surface area contributed by atoms with E-state index in [1.165, 1.54) is 6.08 Å². The highest BCUT2D eigenvalue weighted by Crippen LogP contribution is 1.87. The Labute approximate surface area is 49.4 Å². The zero-order chi connectivity index (χ0) is 6.41. The summed E-state index contributed by atoms with van der Waals surface area (Å²) < 4.78 is 0. The largest absolute Gasteiger partial charge is 0.295 e. The Morgan fingerprint density at radius 3 is 2.88 bits per heavy atom. The third-order valence-corrected chi connectivity index (χ3v) is 0.743. The highest BCUT2D eigenvalue weighted by atomic mass is 16.1. The van der Waals surface area contributed by atoms with Crippen molar-refractivity contribution in [2.75, 3.05) is 0 Å². The van der Waals surface area contributed by atoms with Crippen LogP contribution in [0.1, 0.15) is 12.8 Å². The molecule has 1 heteroatoms. The fourth-order valence-corrected chi connectivity index (χ4v) is 0.297. The molecule has 0 fully saturated rings. The third kappa shape index (κ3) is 3.17. The van der Waals surface area contributed by atoms with E-state index in [0.717, 1.165) is 0 Å². The number of hydrogen-bond acceptors (Lipinski definition) is 1. The summed E-state index contributed by atoms with van der Waals surface area (Å²) in [6, 6.07) is 0. The smallest absolute Gasteiger partial charge is 0.156 e. The van der Waals surface area contributed by atoms with Crippen molar-refractivity contribution in [3.63, 3.8) is 0 Å². The van der Waals surface area contributed by atoms with Crippen molar-refractivity contribution in [1.29, 1.82) is 0 Å². The van der Waals surface area contributed by atoms with Crippen LogP contribution in [0.4, 0.5) is 0 Å². The molecular weight excluding hydrogens is 100 g/mol. The van der Waals surface area contributed by atoms with Crippen LogP contribution < -0.4 is 0 Å². The lowest BCUT2D eigenvalue weighted by molar-refractivity contribution is -0.114. The lowest BCUT2D eigenvalue weighted by Crippen LogP contribution is -1.88. The van der Waals surface area contributed by atoms with Crippen LogP contribution in [0.2, 0.25) is 0 Å². The van der Waals surface area contributed by atoms with Gasteiger partial charge in [-0.15, -0.1) is 12.3 Å². The normalized spacial score (nSPS) is 7.38. The van der Waals surface area contributed by atoms with Crippen molar-refractivity contribution in [2.24, 2.45) is 0 Å². The van der Waals surface area contributed by atoms with Gasteiger partial charge < -0.3 is 0 Å². The van der Waals surface area contributed by atoms with Crippen molar-refractivity contribution in [3.05, 3.63) is 12.7 Å². The number of ketones is 1. The van der Waals surface area contributed by atoms with Gasteiger partial charge in [-0.05, 0) is 6.08 Å². The molecule has 1 nitrogen and oxygen atoms in total. The van der Waals surface area contributed by atoms with Gasteiger partial charge in [0.25, 0.3) is 0 Å². The number of carbonyl (C=O) groups is 1. The van der Waals surface area contributed by atoms with Gasteiger partial charge in [-0.3, -0.25) is 4.79 Å². The molecule has 0 N–H and O–H groups in total. The van der Waals surface area contributed by atoms with E-state index in [1.807, 2.05) is 0 Å². The van der Waals surface area contributed by atoms with Crippen molar-refractivity contribution in [1.82, 2.24) is 0 Å². The second-order valence-corrected chi connectivity index (χ2v) is 1.37. The molecule has 0 rings (SSSR count). The predicted octanol–water partition coefficient (Wildman–Crippen LogP) is 1.15. The molecule has 0 spiro atoms. The lowest BCUT2D eigenvalue weighted by Gasteiger charge is -1.83. The number of allylic oxidation sites excluding steroid dienone is 1. The average molecular weight is 108 g/mol. The molecule has 0 aliphatic rings. The summed E-state index contributed by atoms with van der Waals surface area (Å²) in [5, 5.41) is 0. The highest BCUT2D eigenvalue weighted by Gasteiger charge is 1.89. The molecule has 0 atom stereocenters. The third-order valence-electron chi connectivity index (χ3n) is 0.743. The first-order valence-electron chi connectivity index (χ1n) is 2.40. The Morgan fingerprint density at radius 2 is 2.50 bits per heavy atom. The maximum absolute atomic E-state index is 10.4. The first-order chi connectivity index (χ1) is 3.81. The van der Waals surface area contributed by atoms with E-state index in [4.69, 9.17) is 6.42 Å². The van der Waals surface area contributed by atoms with Gasteiger partial charge in [0, 0.05) is 12.8 Å². The highest BCUT2D eigenvalue weighted by molar-refractivity contribution is 5.89. The molecule has 0 unspecified atom stereocenters. The van der Waals surface area contributed by atoms with E-state index >= 15 is 0 Å². The summed E-state index contributed by atoms with van der Waals surface area (Å²) in [6.07, 6.45) is 7.13. The topological polar surface area (TPSA) is 17.1 Å². The molecule has 0 radical (unpaired) electrons.